The molecule has 1 N–H and O–H groups in total. The first-order valence-electron chi connectivity index (χ1n) is 4.37. The smallest absolute Gasteiger partial charge is 0.288 e. The second-order valence-corrected chi connectivity index (χ2v) is 3.92. The van der Waals surface area contributed by atoms with Crippen LogP contribution in [0.1, 0.15) is 12.0 Å². The molecule has 0 aliphatic carbocycles. The van der Waals surface area contributed by atoms with E-state index in [1.54, 1.807) is 18.2 Å². The monoisotopic (exact) mass is 218 g/mol. The molecule has 0 saturated heterocycles. The highest BCUT2D eigenvalue weighted by molar-refractivity contribution is 7.99. The van der Waals surface area contributed by atoms with Gasteiger partial charge in [0.15, 0.2) is 0 Å². The minimum atomic E-state index is -2.37. The zero-order valence-corrected chi connectivity index (χ0v) is 8.44. The molecule has 14 heavy (non-hydrogen) atoms. The molecule has 0 aliphatic rings. The van der Waals surface area contributed by atoms with Crippen molar-refractivity contribution in [2.75, 3.05) is 6.61 Å². The van der Waals surface area contributed by atoms with Crippen molar-refractivity contribution < 1.29 is 13.9 Å². The van der Waals surface area contributed by atoms with E-state index in [2.05, 4.69) is 0 Å². The average molecular weight is 218 g/mol. The van der Waals surface area contributed by atoms with Crippen molar-refractivity contribution in [1.29, 1.82) is 0 Å². The SMILES string of the molecule is OCCCc1cccc(SC(F)F)c1. The van der Waals surface area contributed by atoms with Gasteiger partial charge in [0.2, 0.25) is 0 Å². The lowest BCUT2D eigenvalue weighted by molar-refractivity contribution is 0.252. The number of thioether (sulfide) groups is 1. The van der Waals surface area contributed by atoms with Crippen molar-refractivity contribution in [1.82, 2.24) is 0 Å². The van der Waals surface area contributed by atoms with Crippen LogP contribution in [-0.2, 0) is 6.42 Å². The molecule has 0 saturated carbocycles. The van der Waals surface area contributed by atoms with Gasteiger partial charge in [-0.05, 0) is 30.5 Å². The molecule has 0 spiro atoms. The molecule has 0 fully saturated rings. The molecular weight excluding hydrogens is 206 g/mol. The van der Waals surface area contributed by atoms with Crippen LogP contribution in [0.3, 0.4) is 0 Å². The lowest BCUT2D eigenvalue weighted by atomic mass is 10.1. The topological polar surface area (TPSA) is 20.2 Å². The number of aryl methyl sites for hydroxylation is 1. The summed E-state index contributed by atoms with van der Waals surface area (Å²) in [5.74, 6) is -2.37. The number of halogens is 2. The largest absolute Gasteiger partial charge is 0.396 e. The Balaban J connectivity index is 2.59. The second-order valence-electron chi connectivity index (χ2n) is 2.85. The summed E-state index contributed by atoms with van der Waals surface area (Å²) in [5, 5.41) is 8.62. The lowest BCUT2D eigenvalue weighted by Gasteiger charge is -2.03. The van der Waals surface area contributed by atoms with Crippen LogP contribution in [0.5, 0.6) is 0 Å². The molecule has 78 valence electrons. The van der Waals surface area contributed by atoms with E-state index in [4.69, 9.17) is 5.11 Å². The summed E-state index contributed by atoms with van der Waals surface area (Å²) >= 11 is 0.550. The van der Waals surface area contributed by atoms with Crippen LogP contribution in [0.4, 0.5) is 8.78 Å². The van der Waals surface area contributed by atoms with E-state index >= 15 is 0 Å². The zero-order chi connectivity index (χ0) is 10.4. The van der Waals surface area contributed by atoms with Crippen molar-refractivity contribution in [2.45, 2.75) is 23.5 Å². The standard InChI is InChI=1S/C10H12F2OS/c11-10(12)14-9-5-1-3-8(7-9)4-2-6-13/h1,3,5,7,10,13H,2,4,6H2. The van der Waals surface area contributed by atoms with Crippen LogP contribution in [0, 0.1) is 0 Å². The van der Waals surface area contributed by atoms with Gasteiger partial charge in [-0.25, -0.2) is 0 Å². The van der Waals surface area contributed by atoms with Gasteiger partial charge in [-0.3, -0.25) is 0 Å². The molecule has 0 heterocycles. The van der Waals surface area contributed by atoms with Crippen LogP contribution >= 0.6 is 11.8 Å². The molecule has 1 nitrogen and oxygen atoms in total. The summed E-state index contributed by atoms with van der Waals surface area (Å²) in [4.78, 5) is 0.579. The van der Waals surface area contributed by atoms with Crippen LogP contribution in [-0.4, -0.2) is 17.5 Å². The first-order valence-corrected chi connectivity index (χ1v) is 5.25. The maximum absolute atomic E-state index is 12.0. The van der Waals surface area contributed by atoms with Gasteiger partial charge >= 0.3 is 0 Å². The number of hydrogen-bond donors (Lipinski definition) is 1. The minimum Gasteiger partial charge on any atom is -0.396 e. The van der Waals surface area contributed by atoms with E-state index in [9.17, 15) is 8.78 Å². The second kappa shape index (κ2) is 5.98. The highest BCUT2D eigenvalue weighted by atomic mass is 32.2. The third kappa shape index (κ3) is 4.07. The zero-order valence-electron chi connectivity index (χ0n) is 7.62. The molecule has 4 heteroatoms. The van der Waals surface area contributed by atoms with Gasteiger partial charge in [0.25, 0.3) is 5.76 Å². The molecule has 0 radical (unpaired) electrons. The number of aliphatic hydroxyl groups is 1. The van der Waals surface area contributed by atoms with E-state index in [1.807, 2.05) is 6.07 Å². The molecule has 1 aromatic carbocycles. The predicted molar refractivity (Wildman–Crippen MR) is 53.7 cm³/mol. The fraction of sp³-hybridized carbons (Fsp3) is 0.400. The van der Waals surface area contributed by atoms with Crippen LogP contribution < -0.4 is 0 Å². The van der Waals surface area contributed by atoms with Gasteiger partial charge in [0.05, 0.1) is 0 Å². The maximum Gasteiger partial charge on any atom is 0.288 e. The summed E-state index contributed by atoms with van der Waals surface area (Å²) in [6.45, 7) is 0.131. The molecule has 0 amide bonds. The summed E-state index contributed by atoms with van der Waals surface area (Å²) in [6.07, 6.45) is 1.40. The van der Waals surface area contributed by atoms with E-state index in [1.165, 1.54) is 0 Å². The number of benzene rings is 1. The molecule has 1 aromatic rings. The first-order chi connectivity index (χ1) is 6.72. The van der Waals surface area contributed by atoms with Gasteiger partial charge in [0.1, 0.15) is 0 Å². The Morgan fingerprint density at radius 3 is 2.79 bits per heavy atom. The summed E-state index contributed by atoms with van der Waals surface area (Å²) < 4.78 is 24.1. The summed E-state index contributed by atoms with van der Waals surface area (Å²) in [6, 6.07) is 7.05. The van der Waals surface area contributed by atoms with E-state index in [0.717, 1.165) is 12.0 Å². The van der Waals surface area contributed by atoms with Crippen LogP contribution in [0.15, 0.2) is 29.2 Å². The Hall–Kier alpha value is -0.610. The van der Waals surface area contributed by atoms with Gasteiger partial charge in [-0.1, -0.05) is 23.9 Å². The Morgan fingerprint density at radius 1 is 1.36 bits per heavy atom. The van der Waals surface area contributed by atoms with Gasteiger partial charge in [0, 0.05) is 11.5 Å². The Kier molecular flexibility index (Phi) is 4.90. The van der Waals surface area contributed by atoms with Gasteiger partial charge in [-0.2, -0.15) is 8.78 Å². The highest BCUT2D eigenvalue weighted by Gasteiger charge is 2.05. The average Bonchev–Trinajstić information content (AvgIpc) is 2.14. The number of alkyl halides is 2. The van der Waals surface area contributed by atoms with E-state index in [-0.39, 0.29) is 6.61 Å². The molecule has 0 atom stereocenters. The molecular formula is C10H12F2OS. The lowest BCUT2D eigenvalue weighted by Crippen LogP contribution is -1.90. The van der Waals surface area contributed by atoms with Crippen molar-refractivity contribution >= 4 is 11.8 Å². The maximum atomic E-state index is 12.0. The molecule has 1 rings (SSSR count). The van der Waals surface area contributed by atoms with E-state index < -0.39 is 5.76 Å². The van der Waals surface area contributed by atoms with E-state index in [0.29, 0.717) is 23.1 Å². The van der Waals surface area contributed by atoms with Crippen molar-refractivity contribution in [3.05, 3.63) is 29.8 Å². The summed E-state index contributed by atoms with van der Waals surface area (Å²) in [7, 11) is 0. The van der Waals surface area contributed by atoms with Crippen molar-refractivity contribution in [3.63, 3.8) is 0 Å². The fourth-order valence-corrected chi connectivity index (χ4v) is 1.74. The quantitative estimate of drug-likeness (QED) is 0.767. The van der Waals surface area contributed by atoms with Gasteiger partial charge < -0.3 is 5.11 Å². The number of aliphatic hydroxyl groups excluding tert-OH is 1. The van der Waals surface area contributed by atoms with Crippen LogP contribution in [0.25, 0.3) is 0 Å². The normalized spacial score (nSPS) is 10.9. The predicted octanol–water partition coefficient (Wildman–Crippen LogP) is 2.93. The van der Waals surface area contributed by atoms with Gasteiger partial charge in [-0.15, -0.1) is 0 Å². The fourth-order valence-electron chi connectivity index (χ4n) is 1.16. The Bertz CT molecular complexity index is 279. The highest BCUT2D eigenvalue weighted by Crippen LogP contribution is 2.25. The molecule has 0 aromatic heterocycles. The molecule has 0 unspecified atom stereocenters. The Labute approximate surface area is 86.1 Å². The Morgan fingerprint density at radius 2 is 2.14 bits per heavy atom. The number of hydrogen-bond acceptors (Lipinski definition) is 2. The number of rotatable bonds is 5. The third-order valence-corrected chi connectivity index (χ3v) is 2.45. The first kappa shape index (κ1) is 11.5. The molecule has 0 bridgehead atoms. The van der Waals surface area contributed by atoms with Crippen LogP contribution in [0.2, 0.25) is 0 Å². The molecule has 0 aliphatic heterocycles. The third-order valence-electron chi connectivity index (χ3n) is 1.75. The summed E-state index contributed by atoms with van der Waals surface area (Å²) in [5.41, 5.74) is 0.990. The van der Waals surface area contributed by atoms with Crippen molar-refractivity contribution in [2.24, 2.45) is 0 Å². The van der Waals surface area contributed by atoms with Crippen molar-refractivity contribution in [3.8, 4) is 0 Å². The minimum absolute atomic E-state index is 0.131.